The molecule has 0 saturated carbocycles. The smallest absolute Gasteiger partial charge is 0.370 e. The zero-order chi connectivity index (χ0) is 19.4. The second-order valence-electron chi connectivity index (χ2n) is 5.19. The molecule has 1 aromatic carbocycles. The Morgan fingerprint density at radius 2 is 1.81 bits per heavy atom. The molecule has 0 radical (unpaired) electrons. The van der Waals surface area contributed by atoms with Crippen molar-refractivity contribution in [2.75, 3.05) is 0 Å². The molecule has 0 bridgehead atoms. The third-order valence-corrected chi connectivity index (χ3v) is 3.33. The van der Waals surface area contributed by atoms with Crippen molar-refractivity contribution >= 4 is 24.0 Å². The number of carbonyl (C=O) groups excluding carboxylic acids is 1. The number of esters is 1. The number of hydrogen-bond donors (Lipinski definition) is 5. The van der Waals surface area contributed by atoms with Gasteiger partial charge in [0.1, 0.15) is 6.10 Å². The van der Waals surface area contributed by atoms with Crippen LogP contribution in [0.3, 0.4) is 0 Å². The van der Waals surface area contributed by atoms with Gasteiger partial charge in [0.25, 0.3) is 0 Å². The van der Waals surface area contributed by atoms with Gasteiger partial charge in [-0.15, -0.1) is 0 Å². The Hall–Kier alpha value is -3.53. The van der Waals surface area contributed by atoms with Gasteiger partial charge in [-0.25, -0.2) is 14.4 Å². The average Bonchev–Trinajstić information content (AvgIpc) is 2.57. The summed E-state index contributed by atoms with van der Waals surface area (Å²) in [6.07, 6.45) is -2.36. The molecule has 10 nitrogen and oxygen atoms in total. The molecule has 5 N–H and O–H groups in total. The predicted octanol–water partition coefficient (Wildman–Crippen LogP) is -0.164. The van der Waals surface area contributed by atoms with Gasteiger partial charge in [0.2, 0.25) is 11.9 Å². The van der Waals surface area contributed by atoms with Crippen molar-refractivity contribution in [2.45, 2.75) is 18.3 Å². The van der Waals surface area contributed by atoms with Crippen molar-refractivity contribution < 1.29 is 49.4 Å². The van der Waals surface area contributed by atoms with Crippen LogP contribution in [-0.2, 0) is 23.9 Å². The maximum Gasteiger partial charge on any atom is 0.370 e. The summed E-state index contributed by atoms with van der Waals surface area (Å²) in [6, 6.07) is 3.76. The highest BCUT2D eigenvalue weighted by Crippen LogP contribution is 2.25. The van der Waals surface area contributed by atoms with Crippen molar-refractivity contribution in [1.29, 1.82) is 0 Å². The first kappa shape index (κ1) is 18.8. The summed E-state index contributed by atoms with van der Waals surface area (Å²) < 4.78 is 9.51. The van der Waals surface area contributed by atoms with E-state index in [1.165, 1.54) is 24.3 Å². The average molecular weight is 366 g/mol. The van der Waals surface area contributed by atoms with Crippen LogP contribution in [0.15, 0.2) is 36.1 Å². The number of carbonyl (C=O) groups is 3. The van der Waals surface area contributed by atoms with Crippen LogP contribution < -0.4 is 0 Å². The molecule has 3 atom stereocenters. The SMILES string of the molecule is O=C(/C=C/c1ccc(O)c(O)c1)O[C@@H]1C=C(C(=O)O)O[C@H](C(=O)O)[C@@H]1O. The molecule has 0 aliphatic carbocycles. The monoisotopic (exact) mass is 366 g/mol. The van der Waals surface area contributed by atoms with Gasteiger partial charge >= 0.3 is 17.9 Å². The molecule has 2 rings (SSSR count). The highest BCUT2D eigenvalue weighted by atomic mass is 16.6. The molecule has 10 heteroatoms. The quantitative estimate of drug-likeness (QED) is 0.268. The minimum Gasteiger partial charge on any atom is -0.504 e. The van der Waals surface area contributed by atoms with Gasteiger partial charge in [0, 0.05) is 12.2 Å². The maximum atomic E-state index is 11.8. The van der Waals surface area contributed by atoms with Crippen LogP contribution in [0.2, 0.25) is 0 Å². The topological polar surface area (TPSA) is 171 Å². The molecule has 138 valence electrons. The third kappa shape index (κ3) is 4.30. The van der Waals surface area contributed by atoms with Crippen LogP contribution >= 0.6 is 0 Å². The summed E-state index contributed by atoms with van der Waals surface area (Å²) in [5, 5.41) is 46.3. The fourth-order valence-corrected chi connectivity index (χ4v) is 2.07. The number of phenols is 2. The van der Waals surface area contributed by atoms with Crippen molar-refractivity contribution in [2.24, 2.45) is 0 Å². The number of carboxylic acids is 2. The van der Waals surface area contributed by atoms with Crippen LogP contribution in [0.4, 0.5) is 0 Å². The molecule has 1 aliphatic heterocycles. The number of carboxylic acid groups (broad SMARTS) is 2. The van der Waals surface area contributed by atoms with E-state index in [4.69, 9.17) is 14.9 Å². The van der Waals surface area contributed by atoms with Crippen LogP contribution in [0.1, 0.15) is 5.56 Å². The highest BCUT2D eigenvalue weighted by Gasteiger charge is 2.41. The summed E-state index contributed by atoms with van der Waals surface area (Å²) in [6.45, 7) is 0. The number of benzene rings is 1. The number of aromatic hydroxyl groups is 2. The Bertz CT molecular complexity index is 794. The van der Waals surface area contributed by atoms with E-state index < -0.39 is 47.7 Å². The minimum atomic E-state index is -1.91. The minimum absolute atomic E-state index is 0.343. The van der Waals surface area contributed by atoms with Crippen molar-refractivity contribution in [3.8, 4) is 11.5 Å². The number of aliphatic carboxylic acids is 2. The Labute approximate surface area is 145 Å². The summed E-state index contributed by atoms with van der Waals surface area (Å²) in [5.74, 6) is -5.73. The molecule has 26 heavy (non-hydrogen) atoms. The van der Waals surface area contributed by atoms with Crippen molar-refractivity contribution in [1.82, 2.24) is 0 Å². The fourth-order valence-electron chi connectivity index (χ4n) is 2.07. The summed E-state index contributed by atoms with van der Waals surface area (Å²) in [7, 11) is 0. The third-order valence-electron chi connectivity index (χ3n) is 3.33. The second-order valence-corrected chi connectivity index (χ2v) is 5.19. The molecule has 0 amide bonds. The van der Waals surface area contributed by atoms with Crippen LogP contribution in [0.5, 0.6) is 11.5 Å². The van der Waals surface area contributed by atoms with Gasteiger partial charge in [-0.3, -0.25) is 0 Å². The van der Waals surface area contributed by atoms with E-state index in [9.17, 15) is 29.7 Å². The molecule has 1 aliphatic rings. The predicted molar refractivity (Wildman–Crippen MR) is 82.9 cm³/mol. The lowest BCUT2D eigenvalue weighted by Crippen LogP contribution is -2.48. The van der Waals surface area contributed by atoms with Crippen LogP contribution in [0.25, 0.3) is 6.08 Å². The van der Waals surface area contributed by atoms with Crippen LogP contribution in [-0.4, -0.2) is 61.8 Å². The van der Waals surface area contributed by atoms with E-state index >= 15 is 0 Å². The lowest BCUT2D eigenvalue weighted by molar-refractivity contribution is -0.172. The number of rotatable bonds is 5. The number of ether oxygens (including phenoxy) is 2. The zero-order valence-corrected chi connectivity index (χ0v) is 13.0. The van der Waals surface area contributed by atoms with Gasteiger partial charge in [-0.2, -0.15) is 0 Å². The normalized spacial score (nSPS) is 22.3. The number of phenolic OH excluding ortho intramolecular Hbond substituents is 2. The van der Waals surface area contributed by atoms with Gasteiger partial charge < -0.3 is 35.0 Å². The first-order valence-electron chi connectivity index (χ1n) is 7.12. The standard InChI is InChI=1S/C16H14O10/c17-8-3-1-7(5-9(8)18)2-4-12(19)25-10-6-11(15(21)22)26-14(13(10)20)16(23)24/h1-6,10,13-14,17-18,20H,(H,21,22)(H,23,24)/b4-2+/t10-,13-,14+/m1/s1. The summed E-state index contributed by atoms with van der Waals surface area (Å²) >= 11 is 0. The summed E-state index contributed by atoms with van der Waals surface area (Å²) in [4.78, 5) is 33.8. The van der Waals surface area contributed by atoms with E-state index in [0.29, 0.717) is 5.56 Å². The largest absolute Gasteiger partial charge is 0.504 e. The molecule has 1 heterocycles. The molecule has 0 saturated heterocycles. The van der Waals surface area contributed by atoms with E-state index in [1.54, 1.807) is 0 Å². The molecule has 0 unspecified atom stereocenters. The molecule has 1 aromatic rings. The van der Waals surface area contributed by atoms with Crippen molar-refractivity contribution in [3.05, 3.63) is 41.7 Å². The Morgan fingerprint density at radius 1 is 1.12 bits per heavy atom. The second kappa shape index (κ2) is 7.57. The van der Waals surface area contributed by atoms with Crippen LogP contribution in [0, 0.1) is 0 Å². The van der Waals surface area contributed by atoms with E-state index in [1.807, 2.05) is 0 Å². The first-order chi connectivity index (χ1) is 12.2. The highest BCUT2D eigenvalue weighted by molar-refractivity contribution is 5.88. The Kier molecular flexibility index (Phi) is 5.48. The lowest BCUT2D eigenvalue weighted by Gasteiger charge is -2.30. The maximum absolute atomic E-state index is 11.8. The fraction of sp³-hybridized carbons (Fsp3) is 0.188. The first-order valence-corrected chi connectivity index (χ1v) is 7.12. The van der Waals surface area contributed by atoms with E-state index in [2.05, 4.69) is 4.74 Å². The zero-order valence-electron chi connectivity index (χ0n) is 13.0. The number of aliphatic hydroxyl groups excluding tert-OH is 1. The molecular weight excluding hydrogens is 352 g/mol. The molecule has 0 fully saturated rings. The van der Waals surface area contributed by atoms with Crippen molar-refractivity contribution in [3.63, 3.8) is 0 Å². The Balaban J connectivity index is 2.13. The lowest BCUT2D eigenvalue weighted by atomic mass is 10.0. The Morgan fingerprint density at radius 3 is 2.38 bits per heavy atom. The number of aliphatic hydroxyl groups is 1. The van der Waals surface area contributed by atoms with Gasteiger partial charge in [0.15, 0.2) is 17.6 Å². The molecule has 0 spiro atoms. The molecule has 0 aromatic heterocycles. The van der Waals surface area contributed by atoms with Gasteiger partial charge in [0.05, 0.1) is 0 Å². The molecular formula is C16H14O10. The van der Waals surface area contributed by atoms with E-state index in [-0.39, 0.29) is 5.75 Å². The van der Waals surface area contributed by atoms with Gasteiger partial charge in [-0.1, -0.05) is 6.07 Å². The van der Waals surface area contributed by atoms with Gasteiger partial charge in [-0.05, 0) is 23.8 Å². The summed E-state index contributed by atoms with van der Waals surface area (Å²) in [5.41, 5.74) is 0.343. The van der Waals surface area contributed by atoms with E-state index in [0.717, 1.165) is 12.2 Å². The number of hydrogen-bond acceptors (Lipinski definition) is 8.